The summed E-state index contributed by atoms with van der Waals surface area (Å²) in [5.74, 6) is 0.141. The van der Waals surface area contributed by atoms with E-state index in [0.717, 1.165) is 25.9 Å². The number of carbonyl (C=O) groups is 2. The minimum Gasteiger partial charge on any atom is -0.326 e. The summed E-state index contributed by atoms with van der Waals surface area (Å²) in [4.78, 5) is 24.5. The van der Waals surface area contributed by atoms with Gasteiger partial charge >= 0.3 is 6.03 Å². The number of amides is 3. The minimum atomic E-state index is -0.348. The van der Waals surface area contributed by atoms with Crippen molar-refractivity contribution in [2.45, 2.75) is 18.9 Å². The quantitative estimate of drug-likeness (QED) is 0.559. The summed E-state index contributed by atoms with van der Waals surface area (Å²) >= 11 is 0. The standard InChI is InChI=1S/C9H15N3O2/c1-12-4-2-6(3-5-12)7-8(13)11-9(14)10-7/h6-7H,2-5H2,1H3,(H2,10,11,13,14). The molecule has 3 amide bonds. The molecule has 2 heterocycles. The van der Waals surface area contributed by atoms with Gasteiger partial charge in [-0.3, -0.25) is 10.1 Å². The maximum Gasteiger partial charge on any atom is 0.322 e. The van der Waals surface area contributed by atoms with Gasteiger partial charge in [0.05, 0.1) is 0 Å². The normalized spacial score (nSPS) is 30.2. The molecule has 0 aliphatic carbocycles. The Morgan fingerprint density at radius 3 is 2.43 bits per heavy atom. The third kappa shape index (κ3) is 1.72. The molecule has 2 fully saturated rings. The molecule has 0 aromatic heterocycles. The second kappa shape index (κ2) is 3.57. The van der Waals surface area contributed by atoms with Crippen LogP contribution < -0.4 is 10.6 Å². The van der Waals surface area contributed by atoms with Crippen LogP contribution in [0.2, 0.25) is 0 Å². The highest BCUT2D eigenvalue weighted by atomic mass is 16.2. The first-order chi connectivity index (χ1) is 6.66. The van der Waals surface area contributed by atoms with Gasteiger partial charge in [-0.2, -0.15) is 0 Å². The molecule has 14 heavy (non-hydrogen) atoms. The van der Waals surface area contributed by atoms with E-state index in [-0.39, 0.29) is 18.0 Å². The number of urea groups is 1. The summed E-state index contributed by atoms with van der Waals surface area (Å²) in [7, 11) is 2.07. The average Bonchev–Trinajstić information content (AvgIpc) is 2.47. The van der Waals surface area contributed by atoms with Crippen LogP contribution in [0, 0.1) is 5.92 Å². The molecule has 2 saturated heterocycles. The van der Waals surface area contributed by atoms with E-state index >= 15 is 0 Å². The lowest BCUT2D eigenvalue weighted by atomic mass is 9.90. The number of hydrogen-bond donors (Lipinski definition) is 2. The second-order valence-corrected chi connectivity index (χ2v) is 4.08. The molecule has 0 spiro atoms. The molecule has 5 nitrogen and oxygen atoms in total. The van der Waals surface area contributed by atoms with Crippen LogP contribution in [0.1, 0.15) is 12.8 Å². The maximum atomic E-state index is 11.4. The van der Waals surface area contributed by atoms with Crippen LogP contribution in [-0.4, -0.2) is 43.0 Å². The van der Waals surface area contributed by atoms with Gasteiger partial charge in [0.15, 0.2) is 0 Å². The number of rotatable bonds is 1. The number of hydrogen-bond acceptors (Lipinski definition) is 3. The zero-order valence-corrected chi connectivity index (χ0v) is 8.25. The predicted octanol–water partition coefficient (Wildman–Crippen LogP) is -0.464. The molecule has 2 N–H and O–H groups in total. The number of nitrogens with one attached hydrogen (secondary N) is 2. The monoisotopic (exact) mass is 197 g/mol. The molecule has 0 bridgehead atoms. The first kappa shape index (κ1) is 9.45. The third-order valence-corrected chi connectivity index (χ3v) is 3.04. The summed E-state index contributed by atoms with van der Waals surface area (Å²) in [6.45, 7) is 2.01. The molecule has 0 saturated carbocycles. The Morgan fingerprint density at radius 2 is 1.93 bits per heavy atom. The van der Waals surface area contributed by atoms with Gasteiger partial charge in [0.25, 0.3) is 5.91 Å². The van der Waals surface area contributed by atoms with Gasteiger partial charge in [-0.25, -0.2) is 4.79 Å². The zero-order valence-electron chi connectivity index (χ0n) is 8.25. The van der Waals surface area contributed by atoms with Crippen molar-refractivity contribution >= 4 is 11.9 Å². The summed E-state index contributed by atoms with van der Waals surface area (Å²) in [6.07, 6.45) is 1.96. The second-order valence-electron chi connectivity index (χ2n) is 4.08. The largest absolute Gasteiger partial charge is 0.326 e. The van der Waals surface area contributed by atoms with Crippen molar-refractivity contribution < 1.29 is 9.59 Å². The van der Waals surface area contributed by atoms with Gasteiger partial charge < -0.3 is 10.2 Å². The number of piperidine rings is 1. The summed E-state index contributed by atoms with van der Waals surface area (Å²) in [5, 5.41) is 4.94. The highest BCUT2D eigenvalue weighted by molar-refractivity contribution is 6.04. The lowest BCUT2D eigenvalue weighted by molar-refractivity contribution is -0.121. The van der Waals surface area contributed by atoms with Crippen molar-refractivity contribution in [3.63, 3.8) is 0 Å². The minimum absolute atomic E-state index is 0.162. The summed E-state index contributed by atoms with van der Waals surface area (Å²) < 4.78 is 0. The van der Waals surface area contributed by atoms with Crippen molar-refractivity contribution in [2.75, 3.05) is 20.1 Å². The van der Waals surface area contributed by atoms with Crippen molar-refractivity contribution in [2.24, 2.45) is 5.92 Å². The van der Waals surface area contributed by atoms with Gasteiger partial charge in [0.1, 0.15) is 6.04 Å². The van der Waals surface area contributed by atoms with Crippen LogP contribution in [0.15, 0.2) is 0 Å². The van der Waals surface area contributed by atoms with Gasteiger partial charge in [0, 0.05) is 0 Å². The molecule has 0 radical (unpaired) electrons. The van der Waals surface area contributed by atoms with Gasteiger partial charge in [0.2, 0.25) is 0 Å². The Morgan fingerprint density at radius 1 is 1.29 bits per heavy atom. The van der Waals surface area contributed by atoms with Crippen molar-refractivity contribution in [1.29, 1.82) is 0 Å². The third-order valence-electron chi connectivity index (χ3n) is 3.04. The van der Waals surface area contributed by atoms with Gasteiger partial charge in [-0.15, -0.1) is 0 Å². The zero-order chi connectivity index (χ0) is 10.1. The Labute approximate surface area is 82.8 Å². The van der Waals surface area contributed by atoms with Gasteiger partial charge in [-0.1, -0.05) is 0 Å². The van der Waals surface area contributed by atoms with E-state index in [9.17, 15) is 9.59 Å². The smallest absolute Gasteiger partial charge is 0.322 e. The van der Waals surface area contributed by atoms with E-state index in [1.54, 1.807) is 0 Å². The van der Waals surface area contributed by atoms with Crippen molar-refractivity contribution in [1.82, 2.24) is 15.5 Å². The van der Waals surface area contributed by atoms with Crippen LogP contribution >= 0.6 is 0 Å². The fourth-order valence-electron chi connectivity index (χ4n) is 2.13. The molecule has 78 valence electrons. The Kier molecular flexibility index (Phi) is 2.41. The van der Waals surface area contributed by atoms with Crippen LogP contribution in [0.5, 0.6) is 0 Å². The molecule has 0 aromatic carbocycles. The van der Waals surface area contributed by atoms with Crippen LogP contribution in [-0.2, 0) is 4.79 Å². The first-order valence-electron chi connectivity index (χ1n) is 4.97. The van der Waals surface area contributed by atoms with E-state index in [0.29, 0.717) is 5.92 Å². The van der Waals surface area contributed by atoms with Gasteiger partial charge in [-0.05, 0) is 38.9 Å². The van der Waals surface area contributed by atoms with Crippen LogP contribution in [0.4, 0.5) is 4.79 Å². The van der Waals surface area contributed by atoms with E-state index in [1.165, 1.54) is 0 Å². The molecule has 0 aromatic rings. The van der Waals surface area contributed by atoms with Crippen molar-refractivity contribution in [3.05, 3.63) is 0 Å². The molecule has 2 aliphatic rings. The first-order valence-corrected chi connectivity index (χ1v) is 4.97. The van der Waals surface area contributed by atoms with E-state index in [4.69, 9.17) is 0 Å². The summed E-state index contributed by atoms with van der Waals surface area (Å²) in [6, 6.07) is -0.643. The Hall–Kier alpha value is -1.10. The number of nitrogens with zero attached hydrogens (tertiary/aromatic N) is 1. The topological polar surface area (TPSA) is 61.4 Å². The van der Waals surface area contributed by atoms with Crippen LogP contribution in [0.25, 0.3) is 0 Å². The Balaban J connectivity index is 1.95. The maximum absolute atomic E-state index is 11.4. The van der Waals surface area contributed by atoms with E-state index in [1.807, 2.05) is 0 Å². The number of likely N-dealkylation sites (tertiary alicyclic amines) is 1. The predicted molar refractivity (Wildman–Crippen MR) is 50.7 cm³/mol. The molecular formula is C9H15N3O2. The average molecular weight is 197 g/mol. The molecule has 2 rings (SSSR count). The molecule has 5 heteroatoms. The SMILES string of the molecule is CN1CCC(C2NC(=O)NC2=O)CC1. The Bertz CT molecular complexity index is 259. The number of imide groups is 1. The lowest BCUT2D eigenvalue weighted by Crippen LogP contribution is -2.43. The highest BCUT2D eigenvalue weighted by Gasteiger charge is 2.36. The fraction of sp³-hybridized carbons (Fsp3) is 0.778. The lowest BCUT2D eigenvalue weighted by Gasteiger charge is -2.31. The molecule has 1 atom stereocenters. The fourth-order valence-corrected chi connectivity index (χ4v) is 2.13. The van der Waals surface area contributed by atoms with E-state index < -0.39 is 0 Å². The molecular weight excluding hydrogens is 182 g/mol. The van der Waals surface area contributed by atoms with E-state index in [2.05, 4.69) is 22.6 Å². The van der Waals surface area contributed by atoms with Crippen LogP contribution in [0.3, 0.4) is 0 Å². The highest BCUT2D eigenvalue weighted by Crippen LogP contribution is 2.21. The number of carbonyl (C=O) groups excluding carboxylic acids is 2. The molecule has 1 unspecified atom stereocenters. The summed E-state index contributed by atoms with van der Waals surface area (Å²) in [5.41, 5.74) is 0. The van der Waals surface area contributed by atoms with Crippen molar-refractivity contribution in [3.8, 4) is 0 Å². The molecule has 2 aliphatic heterocycles.